The zero-order chi connectivity index (χ0) is 38.6. The highest BCUT2D eigenvalue weighted by Gasteiger charge is 2.41. The van der Waals surface area contributed by atoms with Gasteiger partial charge in [0.15, 0.2) is 40.6 Å². The number of anilines is 1. The van der Waals surface area contributed by atoms with Crippen molar-refractivity contribution in [1.82, 2.24) is 39.0 Å². The zero-order valence-electron chi connectivity index (χ0n) is 27.3. The lowest BCUT2D eigenvalue weighted by atomic mass is 10.1. The van der Waals surface area contributed by atoms with Crippen LogP contribution in [-0.4, -0.2) is 112 Å². The fourth-order valence-electron chi connectivity index (χ4n) is 5.32. The average molecular weight is 784 g/mol. The van der Waals surface area contributed by atoms with E-state index >= 15 is 0 Å². The number of aryl methyl sites for hydroxylation is 2. The van der Waals surface area contributed by atoms with Crippen LogP contribution >= 0.6 is 15.6 Å². The van der Waals surface area contributed by atoms with E-state index in [1.807, 2.05) is 4.98 Å². The SMILES string of the molecule is Cc1cc2nc3c(=O)[nH]c(=O)nc-3n(CC(O)[C@H](O)[C@H](O)COP(=O)(O)OP(=O)(O)OCC3=C(O)C(O)[C@H](n4cnc5c(N)ncnc54)O3)c2cc1C. The highest BCUT2D eigenvalue weighted by Crippen LogP contribution is 2.60. The lowest BCUT2D eigenvalue weighted by molar-refractivity contribution is -0.0793. The molecule has 3 aromatic rings. The number of hydrogen-bond donors (Lipinski definition) is 9. The number of hydrogen-bond acceptors (Lipinski definition) is 19. The van der Waals surface area contributed by atoms with E-state index in [1.54, 1.807) is 26.0 Å². The zero-order valence-corrected chi connectivity index (χ0v) is 29.1. The molecule has 24 nitrogen and oxygen atoms in total. The van der Waals surface area contributed by atoms with Crippen LogP contribution in [0.2, 0.25) is 0 Å². The summed E-state index contributed by atoms with van der Waals surface area (Å²) in [4.78, 5) is 66.5. The molecular formula is C27H31N9O15P2. The Labute approximate surface area is 295 Å². The molecule has 0 fully saturated rings. The predicted octanol–water partition coefficient (Wildman–Crippen LogP) is -1.38. The smallest absolute Gasteiger partial charge is 0.481 e. The van der Waals surface area contributed by atoms with Crippen molar-refractivity contribution in [2.24, 2.45) is 0 Å². The summed E-state index contributed by atoms with van der Waals surface area (Å²) < 4.78 is 46.3. The highest BCUT2D eigenvalue weighted by molar-refractivity contribution is 7.61. The standard InChI is InChI=1S/C27H31N9O15P2/c1-10-3-12-13(4-11(10)2)35(24-18(32-12)25(42)34-27(43)33-24)5-14(37)19(39)15(38)6-48-52(44,45)51-53(46,47)49-7-16-20(40)21(41)26(50-16)36-9-31-17-22(28)29-8-30-23(17)36/h3-4,8-9,14-15,19,21,26,37-41H,5-7H2,1-2H3,(H,44,45)(H,46,47)(H2,28,29,30)(H,34,42,43)/t14?,15-,19+,21?,26-/m1/s1. The monoisotopic (exact) mass is 783 g/mol. The second kappa shape index (κ2) is 14.3. The molecule has 0 saturated heterocycles. The molecule has 0 amide bonds. The van der Waals surface area contributed by atoms with Crippen LogP contribution in [0.25, 0.3) is 33.7 Å². The molecule has 0 aliphatic carbocycles. The van der Waals surface area contributed by atoms with Crippen molar-refractivity contribution in [1.29, 1.82) is 0 Å². The molecule has 4 unspecified atom stereocenters. The van der Waals surface area contributed by atoms with Crippen molar-refractivity contribution in [2.45, 2.75) is 51.0 Å². The molecule has 7 atom stereocenters. The van der Waals surface area contributed by atoms with Crippen LogP contribution in [0.5, 0.6) is 0 Å². The van der Waals surface area contributed by atoms with Gasteiger partial charge < -0.3 is 50.4 Å². The molecule has 6 rings (SSSR count). The molecule has 10 N–H and O–H groups in total. The number of phosphoric ester groups is 2. The van der Waals surface area contributed by atoms with Crippen molar-refractivity contribution in [3.63, 3.8) is 0 Å². The van der Waals surface area contributed by atoms with Gasteiger partial charge in [0.05, 0.1) is 24.2 Å². The number of nitrogens with zero attached hydrogens (tertiary/aromatic N) is 7. The number of aromatic nitrogens is 8. The Kier molecular flexibility index (Phi) is 10.2. The molecule has 53 heavy (non-hydrogen) atoms. The maximum absolute atomic E-state index is 12.5. The van der Waals surface area contributed by atoms with Gasteiger partial charge in [-0.3, -0.25) is 23.4 Å². The number of phosphoric acid groups is 2. The predicted molar refractivity (Wildman–Crippen MR) is 177 cm³/mol. The van der Waals surface area contributed by atoms with Gasteiger partial charge in [0.25, 0.3) is 5.56 Å². The first kappa shape index (κ1) is 38.0. The van der Waals surface area contributed by atoms with Gasteiger partial charge in [-0.2, -0.15) is 9.29 Å². The Morgan fingerprint density at radius 2 is 1.72 bits per heavy atom. The fraction of sp³-hybridized carbons (Fsp3) is 0.370. The first-order valence-electron chi connectivity index (χ1n) is 15.2. The number of nitrogens with one attached hydrogen (secondary N) is 1. The van der Waals surface area contributed by atoms with Crippen LogP contribution in [0.1, 0.15) is 17.4 Å². The lowest BCUT2D eigenvalue weighted by Gasteiger charge is -2.26. The van der Waals surface area contributed by atoms with Gasteiger partial charge >= 0.3 is 21.3 Å². The van der Waals surface area contributed by atoms with E-state index in [-0.39, 0.29) is 34.0 Å². The quantitative estimate of drug-likeness (QED) is 0.0490. The molecule has 0 bridgehead atoms. The van der Waals surface area contributed by atoms with Gasteiger partial charge in [0.1, 0.15) is 43.1 Å². The maximum Gasteiger partial charge on any atom is 0.481 e. The van der Waals surface area contributed by atoms with Crippen molar-refractivity contribution < 1.29 is 62.5 Å². The Bertz CT molecular complexity index is 2430. The van der Waals surface area contributed by atoms with Crippen LogP contribution in [0, 0.1) is 13.8 Å². The summed E-state index contributed by atoms with van der Waals surface area (Å²) >= 11 is 0. The summed E-state index contributed by atoms with van der Waals surface area (Å²) in [6.07, 6.45) is -7.00. The Morgan fingerprint density at radius 3 is 2.45 bits per heavy atom. The summed E-state index contributed by atoms with van der Waals surface area (Å²) in [6.45, 7) is 0.657. The van der Waals surface area contributed by atoms with Gasteiger partial charge in [-0.15, -0.1) is 0 Å². The third-order valence-corrected chi connectivity index (χ3v) is 10.7. The molecular weight excluding hydrogens is 752 g/mol. The number of H-pyrrole nitrogens is 1. The Balaban J connectivity index is 1.08. The summed E-state index contributed by atoms with van der Waals surface area (Å²) in [5.41, 5.74) is 6.04. The van der Waals surface area contributed by atoms with Crippen LogP contribution in [-0.2, 0) is 33.8 Å². The van der Waals surface area contributed by atoms with E-state index in [0.29, 0.717) is 5.52 Å². The molecule has 26 heteroatoms. The third kappa shape index (κ3) is 7.69. The fourth-order valence-corrected chi connectivity index (χ4v) is 7.36. The lowest BCUT2D eigenvalue weighted by Crippen LogP contribution is -2.42. The van der Waals surface area contributed by atoms with Gasteiger partial charge in [0, 0.05) is 0 Å². The maximum atomic E-state index is 12.5. The van der Waals surface area contributed by atoms with Crippen molar-refractivity contribution >= 4 is 43.7 Å². The number of fused-ring (bicyclic) bond motifs is 3. The number of aliphatic hydroxyl groups is 5. The van der Waals surface area contributed by atoms with Crippen LogP contribution in [0.4, 0.5) is 5.82 Å². The normalized spacial score (nSPS) is 20.4. The van der Waals surface area contributed by atoms with Gasteiger partial charge in [0.2, 0.25) is 6.23 Å². The number of rotatable bonds is 13. The summed E-state index contributed by atoms with van der Waals surface area (Å²) in [5.74, 6) is -1.63. The van der Waals surface area contributed by atoms with Crippen molar-refractivity contribution in [3.8, 4) is 11.5 Å². The average Bonchev–Trinajstić information content (AvgIpc) is 3.63. The number of ether oxygens (including phenoxy) is 1. The molecule has 5 heterocycles. The topological polar surface area (TPSA) is 363 Å². The van der Waals surface area contributed by atoms with E-state index in [0.717, 1.165) is 17.5 Å². The number of aliphatic hydroxyl groups excluding tert-OH is 5. The number of imidazole rings is 1. The van der Waals surface area contributed by atoms with Gasteiger partial charge in [-0.1, -0.05) is 0 Å². The molecule has 0 spiro atoms. The first-order chi connectivity index (χ1) is 24.9. The molecule has 3 aliphatic rings. The molecule has 3 aliphatic heterocycles. The van der Waals surface area contributed by atoms with E-state index in [9.17, 15) is 54.0 Å². The number of nitrogen functional groups attached to an aromatic ring is 1. The molecule has 0 saturated carbocycles. The van der Waals surface area contributed by atoms with E-state index < -0.39 is 88.8 Å². The van der Waals surface area contributed by atoms with Crippen LogP contribution in [0.15, 0.2) is 45.9 Å². The van der Waals surface area contributed by atoms with Gasteiger partial charge in [-0.05, 0) is 37.1 Å². The van der Waals surface area contributed by atoms with Crippen LogP contribution in [0.3, 0.4) is 0 Å². The van der Waals surface area contributed by atoms with Crippen molar-refractivity contribution in [3.05, 3.63) is 68.3 Å². The third-order valence-electron chi connectivity index (χ3n) is 8.12. The van der Waals surface area contributed by atoms with E-state index in [1.165, 1.54) is 15.5 Å². The Morgan fingerprint density at radius 1 is 1.02 bits per heavy atom. The molecule has 284 valence electrons. The minimum atomic E-state index is -5.56. The first-order valence-corrected chi connectivity index (χ1v) is 18.2. The van der Waals surface area contributed by atoms with E-state index in [4.69, 9.17) is 10.5 Å². The second-order valence-corrected chi connectivity index (χ2v) is 14.8. The molecule has 0 radical (unpaired) electrons. The van der Waals surface area contributed by atoms with E-state index in [2.05, 4.69) is 38.3 Å². The number of nitrogens with two attached hydrogens (primary N) is 1. The minimum absolute atomic E-state index is 0.0157. The Hall–Kier alpha value is -4.71. The molecule has 2 aromatic heterocycles. The number of benzene rings is 1. The highest BCUT2D eigenvalue weighted by atomic mass is 31.3. The summed E-state index contributed by atoms with van der Waals surface area (Å²) in [5, 5.41) is 52.9. The minimum Gasteiger partial charge on any atom is -0.506 e. The summed E-state index contributed by atoms with van der Waals surface area (Å²) in [6, 6.07) is 3.29. The summed E-state index contributed by atoms with van der Waals surface area (Å²) in [7, 11) is -11.1. The van der Waals surface area contributed by atoms with Crippen LogP contribution < -0.4 is 17.0 Å². The molecule has 1 aromatic carbocycles. The number of aromatic amines is 1. The largest absolute Gasteiger partial charge is 0.506 e. The van der Waals surface area contributed by atoms with Crippen molar-refractivity contribution in [2.75, 3.05) is 18.9 Å². The second-order valence-electron chi connectivity index (χ2n) is 11.7. The van der Waals surface area contributed by atoms with Gasteiger partial charge in [-0.25, -0.2) is 33.9 Å².